The van der Waals surface area contributed by atoms with E-state index in [2.05, 4.69) is 33.4 Å². The highest BCUT2D eigenvalue weighted by Crippen LogP contribution is 2.69. The third-order valence-corrected chi connectivity index (χ3v) is 18.6. The number of fused-ring (bicyclic) bond motifs is 7. The standard InChI is InChI=1S/C49H76O24S/c1-19(16-64-44-40(59)38(57)36(55)30(15-50)69-44)6-9-28-20(2)33-29(68-28)14-26-24-8-7-22-12-23(51)13-32(49(22,5)25(24)10-11-48(26,33)4)70-47-43(37(56)31(18-66-47)73-74(61,62)63)72-46-41(60)42(34(53)21(3)67-46)71-45-39(58)35(54)27(52)17-65-45/h7,21,23-27,29-47,50-60H,1,6,8-18H2,2-5H3,(H,61,62,63)/t21-,23+,24+,25-,26-,27+,29-,30+,31-,32+,33-,34-,35-,36+,37-,38-,39+,40+,41+,42+,43+,44+,45-,46-,47-,48-,49-/m0/s1. The van der Waals surface area contributed by atoms with Gasteiger partial charge in [-0.25, -0.2) is 4.18 Å². The van der Waals surface area contributed by atoms with Crippen molar-refractivity contribution in [1.82, 2.24) is 0 Å². The fraction of sp³-hybridized carbons (Fsp3) is 0.878. The van der Waals surface area contributed by atoms with E-state index in [0.717, 1.165) is 37.0 Å². The van der Waals surface area contributed by atoms with Gasteiger partial charge in [-0.15, -0.1) is 0 Å². The first-order chi connectivity index (χ1) is 34.9. The van der Waals surface area contributed by atoms with E-state index in [4.69, 9.17) is 46.8 Å². The van der Waals surface area contributed by atoms with E-state index in [1.54, 1.807) is 0 Å². The van der Waals surface area contributed by atoms with Crippen LogP contribution in [0.5, 0.6) is 0 Å². The largest absolute Gasteiger partial charge is 0.494 e. The molecule has 0 unspecified atom stereocenters. The summed E-state index contributed by atoms with van der Waals surface area (Å²) < 4.78 is 92.4. The van der Waals surface area contributed by atoms with Gasteiger partial charge in [0.15, 0.2) is 25.2 Å². The van der Waals surface area contributed by atoms with E-state index < -0.39 is 158 Å². The molecular formula is C49H76O24S. The van der Waals surface area contributed by atoms with Crippen LogP contribution in [0.3, 0.4) is 0 Å². The first-order valence-corrected chi connectivity index (χ1v) is 27.1. The van der Waals surface area contributed by atoms with Crippen LogP contribution in [0.25, 0.3) is 0 Å². The summed E-state index contributed by atoms with van der Waals surface area (Å²) in [5, 5.41) is 117. The fourth-order valence-corrected chi connectivity index (χ4v) is 14.6. The normalized spacial score (nSPS) is 50.5. The highest BCUT2D eigenvalue weighted by Gasteiger charge is 2.66. The van der Waals surface area contributed by atoms with E-state index in [1.165, 1.54) is 12.5 Å². The Balaban J connectivity index is 0.895. The molecule has 0 aromatic rings. The third-order valence-electron chi connectivity index (χ3n) is 18.1. The molecule has 74 heavy (non-hydrogen) atoms. The van der Waals surface area contributed by atoms with E-state index >= 15 is 0 Å². The number of ether oxygens (including phenoxy) is 9. The van der Waals surface area contributed by atoms with Gasteiger partial charge in [0.1, 0.15) is 85.5 Å². The molecule has 9 rings (SSSR count). The summed E-state index contributed by atoms with van der Waals surface area (Å²) >= 11 is 0. The molecule has 0 amide bonds. The average Bonchev–Trinajstić information content (AvgIpc) is 3.84. The minimum atomic E-state index is -5.15. The van der Waals surface area contributed by atoms with Crippen molar-refractivity contribution >= 4 is 10.4 Å². The molecule has 7 fully saturated rings. The van der Waals surface area contributed by atoms with Crippen LogP contribution in [0.15, 0.2) is 35.1 Å². The molecule has 12 N–H and O–H groups in total. The summed E-state index contributed by atoms with van der Waals surface area (Å²) in [6, 6.07) is 0. The summed E-state index contributed by atoms with van der Waals surface area (Å²) in [4.78, 5) is 0. The van der Waals surface area contributed by atoms with Gasteiger partial charge in [-0.05, 0) is 81.1 Å². The lowest BCUT2D eigenvalue weighted by molar-refractivity contribution is -0.376. The summed E-state index contributed by atoms with van der Waals surface area (Å²) in [5.74, 6) is 1.52. The average molecular weight is 1080 g/mol. The Hall–Kier alpha value is -1.87. The highest BCUT2D eigenvalue weighted by molar-refractivity contribution is 7.80. The molecule has 5 heterocycles. The Bertz CT molecular complexity index is 2180. The molecule has 5 aliphatic heterocycles. The second-order valence-electron chi connectivity index (χ2n) is 22.5. The Morgan fingerprint density at radius 3 is 2.22 bits per heavy atom. The second kappa shape index (κ2) is 22.0. The van der Waals surface area contributed by atoms with Crippen molar-refractivity contribution in [2.45, 2.75) is 208 Å². The van der Waals surface area contributed by atoms with E-state index in [9.17, 15) is 69.1 Å². The SMILES string of the molecule is C=C(CCC1=C(C)[C@H]2[C@H](C[C@H]3[C@@H]4CC=C5C[C@@H](O)C[C@@H](O[C@@H]6OC[C@H](OS(=O)(=O)O)[C@H](O)[C@H]6O[C@@H]6O[C@@H](C)[C@H](O)[C@@H](O[C@@H]7OC[C@@H](O)[C@H](O)[C@H]7O)[C@H]6O)[C@]5(C)[C@H]4CC[C@@]32C)O1)CO[C@@H]1O[C@H](CO)[C@@H](O)[C@H](O)[C@H]1O. The number of aliphatic hydroxyl groups excluding tert-OH is 11. The van der Waals surface area contributed by atoms with E-state index in [0.29, 0.717) is 24.8 Å². The summed E-state index contributed by atoms with van der Waals surface area (Å²) in [6.07, 6.45) is -22.9. The molecule has 24 nitrogen and oxygen atoms in total. The van der Waals surface area contributed by atoms with Crippen molar-refractivity contribution in [3.8, 4) is 0 Å². The Kier molecular flexibility index (Phi) is 16.9. The number of rotatable bonds is 15. The maximum absolute atomic E-state index is 11.9. The van der Waals surface area contributed by atoms with Gasteiger partial charge in [-0.3, -0.25) is 4.55 Å². The van der Waals surface area contributed by atoms with Crippen LogP contribution in [-0.4, -0.2) is 224 Å². The molecule has 3 saturated carbocycles. The molecule has 0 aromatic carbocycles. The number of hydrogen-bond donors (Lipinski definition) is 12. The third kappa shape index (κ3) is 10.6. The lowest BCUT2D eigenvalue weighted by Crippen LogP contribution is -2.65. The maximum Gasteiger partial charge on any atom is 0.397 e. The van der Waals surface area contributed by atoms with Gasteiger partial charge in [0.25, 0.3) is 0 Å². The zero-order chi connectivity index (χ0) is 53.5. The highest BCUT2D eigenvalue weighted by atomic mass is 32.3. The van der Waals surface area contributed by atoms with Crippen molar-refractivity contribution in [1.29, 1.82) is 0 Å². The van der Waals surface area contributed by atoms with Gasteiger partial charge in [-0.2, -0.15) is 8.42 Å². The molecule has 4 aliphatic carbocycles. The topological polar surface area (TPSA) is 369 Å². The smallest absolute Gasteiger partial charge is 0.397 e. The molecule has 25 heteroatoms. The molecule has 9 aliphatic rings. The lowest BCUT2D eigenvalue weighted by Gasteiger charge is -2.60. The molecule has 0 spiro atoms. The minimum Gasteiger partial charge on any atom is -0.494 e. The van der Waals surface area contributed by atoms with Gasteiger partial charge in [0.2, 0.25) is 0 Å². The van der Waals surface area contributed by atoms with E-state index in [-0.39, 0.29) is 48.2 Å². The summed E-state index contributed by atoms with van der Waals surface area (Å²) in [7, 11) is -5.15. The predicted molar refractivity (Wildman–Crippen MR) is 249 cm³/mol. The molecule has 0 aromatic heterocycles. The summed E-state index contributed by atoms with van der Waals surface area (Å²) in [5.41, 5.74) is 2.08. The van der Waals surface area contributed by atoms with Crippen molar-refractivity contribution in [2.75, 3.05) is 26.4 Å². The van der Waals surface area contributed by atoms with Crippen LogP contribution in [0.4, 0.5) is 0 Å². The maximum atomic E-state index is 11.9. The molecule has 422 valence electrons. The number of allylic oxidation sites excluding steroid dienone is 2. The second-order valence-corrected chi connectivity index (χ2v) is 23.6. The monoisotopic (exact) mass is 1080 g/mol. The van der Waals surface area contributed by atoms with Gasteiger partial charge in [0.05, 0.1) is 50.5 Å². The molecule has 0 bridgehead atoms. The molecular weight excluding hydrogens is 1000 g/mol. The zero-order valence-electron chi connectivity index (χ0n) is 41.9. The van der Waals surface area contributed by atoms with Gasteiger partial charge in [-0.1, -0.05) is 37.6 Å². The zero-order valence-corrected chi connectivity index (χ0v) is 42.7. The van der Waals surface area contributed by atoms with E-state index in [1.807, 2.05) is 0 Å². The molecule has 4 saturated heterocycles. The van der Waals surface area contributed by atoms with Crippen LogP contribution in [-0.2, 0) is 57.2 Å². The Morgan fingerprint density at radius 1 is 0.797 bits per heavy atom. The fourth-order valence-electron chi connectivity index (χ4n) is 14.1. The van der Waals surface area contributed by atoms with Crippen LogP contribution >= 0.6 is 0 Å². The van der Waals surface area contributed by atoms with Crippen molar-refractivity contribution < 1.29 is 116 Å². The van der Waals surface area contributed by atoms with Crippen LogP contribution < -0.4 is 0 Å². The number of aliphatic hydroxyl groups is 11. The predicted octanol–water partition coefficient (Wildman–Crippen LogP) is -2.06. The van der Waals surface area contributed by atoms with Gasteiger partial charge < -0.3 is 98.8 Å². The Morgan fingerprint density at radius 2 is 1.50 bits per heavy atom. The molecule has 27 atom stereocenters. The Labute approximate surface area is 429 Å². The van der Waals surface area contributed by atoms with Crippen molar-refractivity contribution in [3.05, 3.63) is 35.1 Å². The first kappa shape index (κ1) is 56.8. The molecule has 0 radical (unpaired) electrons. The van der Waals surface area contributed by atoms with Crippen molar-refractivity contribution in [2.24, 2.45) is 34.5 Å². The van der Waals surface area contributed by atoms with Crippen molar-refractivity contribution in [3.63, 3.8) is 0 Å². The van der Waals surface area contributed by atoms with Crippen LogP contribution in [0.1, 0.15) is 79.1 Å². The summed E-state index contributed by atoms with van der Waals surface area (Å²) in [6.45, 7) is 10.6. The van der Waals surface area contributed by atoms with Gasteiger partial charge >= 0.3 is 10.4 Å². The first-order valence-electron chi connectivity index (χ1n) is 25.8. The minimum absolute atomic E-state index is 0.00657. The van der Waals surface area contributed by atoms with Crippen LogP contribution in [0.2, 0.25) is 0 Å². The number of hydrogen-bond acceptors (Lipinski definition) is 23. The lowest BCUT2D eigenvalue weighted by atomic mass is 9.46. The van der Waals surface area contributed by atoms with Gasteiger partial charge in [0, 0.05) is 24.2 Å². The van der Waals surface area contributed by atoms with Crippen LogP contribution in [0, 0.1) is 34.5 Å². The quantitative estimate of drug-likeness (QED) is 0.0620.